The number of nitrogens with zero attached hydrogens (tertiary/aromatic N) is 1. The highest BCUT2D eigenvalue weighted by Crippen LogP contribution is 2.17. The van der Waals surface area contributed by atoms with Crippen molar-refractivity contribution in [2.75, 3.05) is 5.32 Å². The van der Waals surface area contributed by atoms with Crippen LogP contribution in [0, 0.1) is 6.92 Å². The van der Waals surface area contributed by atoms with Crippen LogP contribution in [0.4, 0.5) is 5.69 Å². The Morgan fingerprint density at radius 2 is 2.18 bits per heavy atom. The van der Waals surface area contributed by atoms with Gasteiger partial charge in [-0.3, -0.25) is 9.78 Å². The van der Waals surface area contributed by atoms with Crippen LogP contribution in [0.25, 0.3) is 0 Å². The van der Waals surface area contributed by atoms with Gasteiger partial charge in [-0.05, 0) is 42.8 Å². The molecule has 0 fully saturated rings. The van der Waals surface area contributed by atoms with Crippen molar-refractivity contribution in [2.24, 2.45) is 0 Å². The van der Waals surface area contributed by atoms with Crippen LogP contribution in [0.3, 0.4) is 0 Å². The van der Waals surface area contributed by atoms with Crippen molar-refractivity contribution in [1.29, 1.82) is 0 Å². The molecule has 3 nitrogen and oxygen atoms in total. The molecule has 0 spiro atoms. The molecule has 0 radical (unpaired) electrons. The standard InChI is InChI=1S/C13H11ClN2O/c1-9-7-10(4-5-12(9)14)13(17)16-11-3-2-6-15-8-11/h2-8H,1H3,(H,16,17). The van der Waals surface area contributed by atoms with Gasteiger partial charge in [0.25, 0.3) is 5.91 Å². The van der Waals surface area contributed by atoms with Gasteiger partial charge in [0.15, 0.2) is 0 Å². The first-order valence-electron chi connectivity index (χ1n) is 5.14. The zero-order valence-electron chi connectivity index (χ0n) is 9.27. The zero-order chi connectivity index (χ0) is 12.3. The van der Waals surface area contributed by atoms with E-state index in [1.54, 1.807) is 42.7 Å². The van der Waals surface area contributed by atoms with E-state index in [1.807, 2.05) is 6.92 Å². The molecule has 0 unspecified atom stereocenters. The third-order valence-corrected chi connectivity index (χ3v) is 2.76. The minimum atomic E-state index is -0.169. The van der Waals surface area contributed by atoms with Crippen LogP contribution in [-0.2, 0) is 0 Å². The van der Waals surface area contributed by atoms with E-state index in [0.29, 0.717) is 16.3 Å². The lowest BCUT2D eigenvalue weighted by molar-refractivity contribution is 0.102. The van der Waals surface area contributed by atoms with Gasteiger partial charge in [-0.15, -0.1) is 0 Å². The number of aromatic nitrogens is 1. The van der Waals surface area contributed by atoms with Gasteiger partial charge in [0.05, 0.1) is 11.9 Å². The summed E-state index contributed by atoms with van der Waals surface area (Å²) in [5.74, 6) is -0.169. The highest BCUT2D eigenvalue weighted by Gasteiger charge is 2.07. The van der Waals surface area contributed by atoms with Crippen LogP contribution in [0.5, 0.6) is 0 Å². The fourth-order valence-electron chi connectivity index (χ4n) is 1.43. The molecule has 0 saturated carbocycles. The Hall–Kier alpha value is -1.87. The van der Waals surface area contributed by atoms with Crippen molar-refractivity contribution in [2.45, 2.75) is 6.92 Å². The van der Waals surface area contributed by atoms with Gasteiger partial charge in [-0.2, -0.15) is 0 Å². The Morgan fingerprint density at radius 1 is 1.35 bits per heavy atom. The average molecular weight is 247 g/mol. The lowest BCUT2D eigenvalue weighted by Gasteiger charge is -2.05. The number of halogens is 1. The lowest BCUT2D eigenvalue weighted by atomic mass is 10.1. The van der Waals surface area contributed by atoms with E-state index >= 15 is 0 Å². The van der Waals surface area contributed by atoms with E-state index in [0.717, 1.165) is 5.56 Å². The molecule has 0 saturated heterocycles. The first kappa shape index (κ1) is 11.6. The van der Waals surface area contributed by atoms with E-state index in [-0.39, 0.29) is 5.91 Å². The number of anilines is 1. The van der Waals surface area contributed by atoms with Crippen LogP contribution in [0.2, 0.25) is 5.02 Å². The zero-order valence-corrected chi connectivity index (χ0v) is 10.0. The molecule has 1 aromatic heterocycles. The molecule has 1 heterocycles. The summed E-state index contributed by atoms with van der Waals surface area (Å²) in [5.41, 5.74) is 2.13. The molecule has 4 heteroatoms. The van der Waals surface area contributed by atoms with E-state index in [9.17, 15) is 4.79 Å². The van der Waals surface area contributed by atoms with E-state index in [2.05, 4.69) is 10.3 Å². The number of rotatable bonds is 2. The van der Waals surface area contributed by atoms with Crippen molar-refractivity contribution in [3.8, 4) is 0 Å². The second-order valence-corrected chi connectivity index (χ2v) is 4.07. The Morgan fingerprint density at radius 3 is 2.82 bits per heavy atom. The topological polar surface area (TPSA) is 42.0 Å². The number of carbonyl (C=O) groups is 1. The number of benzene rings is 1. The average Bonchev–Trinajstić information content (AvgIpc) is 2.34. The van der Waals surface area contributed by atoms with Gasteiger partial charge in [0.1, 0.15) is 0 Å². The highest BCUT2D eigenvalue weighted by molar-refractivity contribution is 6.31. The van der Waals surface area contributed by atoms with Crippen molar-refractivity contribution >= 4 is 23.2 Å². The predicted molar refractivity (Wildman–Crippen MR) is 68.4 cm³/mol. The monoisotopic (exact) mass is 246 g/mol. The molecule has 2 rings (SSSR count). The number of carbonyl (C=O) groups excluding carboxylic acids is 1. The molecule has 0 aliphatic rings. The summed E-state index contributed by atoms with van der Waals surface area (Å²) in [5, 5.41) is 3.42. The number of nitrogens with one attached hydrogen (secondary N) is 1. The van der Waals surface area contributed by atoms with Crippen LogP contribution in [0.1, 0.15) is 15.9 Å². The molecule has 0 aliphatic carbocycles. The Balaban J connectivity index is 2.18. The molecular formula is C13H11ClN2O. The van der Waals surface area contributed by atoms with Crippen molar-refractivity contribution in [3.05, 3.63) is 58.9 Å². The minimum Gasteiger partial charge on any atom is -0.321 e. The van der Waals surface area contributed by atoms with Crippen molar-refractivity contribution in [3.63, 3.8) is 0 Å². The fraction of sp³-hybridized carbons (Fsp3) is 0.0769. The summed E-state index contributed by atoms with van der Waals surface area (Å²) in [6.07, 6.45) is 3.25. The van der Waals surface area contributed by atoms with Gasteiger partial charge in [0.2, 0.25) is 0 Å². The number of hydrogen-bond acceptors (Lipinski definition) is 2. The molecular weight excluding hydrogens is 236 g/mol. The molecule has 17 heavy (non-hydrogen) atoms. The van der Waals surface area contributed by atoms with E-state index in [1.165, 1.54) is 0 Å². The second-order valence-electron chi connectivity index (χ2n) is 3.66. The maximum Gasteiger partial charge on any atom is 0.255 e. The normalized spacial score (nSPS) is 10.0. The molecule has 1 aromatic carbocycles. The highest BCUT2D eigenvalue weighted by atomic mass is 35.5. The number of pyridine rings is 1. The smallest absolute Gasteiger partial charge is 0.255 e. The van der Waals surface area contributed by atoms with E-state index < -0.39 is 0 Å². The largest absolute Gasteiger partial charge is 0.321 e. The summed E-state index contributed by atoms with van der Waals surface area (Å²) in [7, 11) is 0. The molecule has 0 aliphatic heterocycles. The SMILES string of the molecule is Cc1cc(C(=O)Nc2cccnc2)ccc1Cl. The van der Waals surface area contributed by atoms with Gasteiger partial charge in [-0.1, -0.05) is 11.6 Å². The van der Waals surface area contributed by atoms with Gasteiger partial charge in [0, 0.05) is 16.8 Å². The maximum atomic E-state index is 11.9. The Kier molecular flexibility index (Phi) is 3.40. The third kappa shape index (κ3) is 2.82. The summed E-state index contributed by atoms with van der Waals surface area (Å²) in [4.78, 5) is 15.8. The maximum absolute atomic E-state index is 11.9. The summed E-state index contributed by atoms with van der Waals surface area (Å²) in [6.45, 7) is 1.86. The van der Waals surface area contributed by atoms with Crippen LogP contribution in [-0.4, -0.2) is 10.9 Å². The van der Waals surface area contributed by atoms with Gasteiger partial charge < -0.3 is 5.32 Å². The number of aryl methyl sites for hydroxylation is 1. The van der Waals surface area contributed by atoms with Gasteiger partial charge in [-0.25, -0.2) is 0 Å². The van der Waals surface area contributed by atoms with Crippen LogP contribution < -0.4 is 5.32 Å². The fourth-order valence-corrected chi connectivity index (χ4v) is 1.54. The van der Waals surface area contributed by atoms with Crippen LogP contribution >= 0.6 is 11.6 Å². The predicted octanol–water partition coefficient (Wildman–Crippen LogP) is 3.30. The van der Waals surface area contributed by atoms with Crippen LogP contribution in [0.15, 0.2) is 42.7 Å². The van der Waals surface area contributed by atoms with Crippen molar-refractivity contribution in [1.82, 2.24) is 4.98 Å². The molecule has 86 valence electrons. The number of hydrogen-bond donors (Lipinski definition) is 1. The lowest BCUT2D eigenvalue weighted by Crippen LogP contribution is -2.12. The molecule has 1 amide bonds. The summed E-state index contributed by atoms with van der Waals surface area (Å²) < 4.78 is 0. The Bertz CT molecular complexity index is 540. The molecule has 2 aromatic rings. The van der Waals surface area contributed by atoms with Gasteiger partial charge >= 0.3 is 0 Å². The third-order valence-electron chi connectivity index (χ3n) is 2.34. The van der Waals surface area contributed by atoms with Crippen molar-refractivity contribution < 1.29 is 4.79 Å². The first-order valence-corrected chi connectivity index (χ1v) is 5.52. The Labute approximate surface area is 104 Å². The molecule has 0 bridgehead atoms. The summed E-state index contributed by atoms with van der Waals surface area (Å²) >= 11 is 5.90. The van der Waals surface area contributed by atoms with E-state index in [4.69, 9.17) is 11.6 Å². The second kappa shape index (κ2) is 4.97. The molecule has 0 atom stereocenters. The summed E-state index contributed by atoms with van der Waals surface area (Å²) in [6, 6.07) is 8.72. The minimum absolute atomic E-state index is 0.169. The first-order chi connectivity index (χ1) is 8.16. The quantitative estimate of drug-likeness (QED) is 0.884. The molecule has 1 N–H and O–H groups in total. The number of amides is 1.